The Kier molecular flexibility index (Phi) is 11.8. The van der Waals surface area contributed by atoms with Gasteiger partial charge in [0.1, 0.15) is 0 Å². The van der Waals surface area contributed by atoms with Gasteiger partial charge in [0.05, 0.1) is 26.4 Å². The number of imide groups is 1. The van der Waals surface area contributed by atoms with Crippen LogP contribution in [0.15, 0.2) is 0 Å². The van der Waals surface area contributed by atoms with Crippen molar-refractivity contribution < 1.29 is 23.9 Å². The fourth-order valence-electron chi connectivity index (χ4n) is 2.45. The van der Waals surface area contributed by atoms with Gasteiger partial charge >= 0.3 is 0 Å². The average molecular weight is 357 g/mol. The van der Waals surface area contributed by atoms with Crippen LogP contribution >= 0.6 is 0 Å². The van der Waals surface area contributed by atoms with Gasteiger partial charge in [-0.15, -0.1) is 0 Å². The molecule has 0 atom stereocenters. The molecule has 0 radical (unpaired) electrons. The highest BCUT2D eigenvalue weighted by Gasteiger charge is 2.27. The molecule has 0 unspecified atom stereocenters. The maximum atomic E-state index is 11.7. The molecule has 8 heteroatoms. The predicted molar refractivity (Wildman–Crippen MR) is 93.0 cm³/mol. The van der Waals surface area contributed by atoms with Gasteiger partial charge < -0.3 is 20.1 Å². The van der Waals surface area contributed by atoms with Gasteiger partial charge in [-0.2, -0.15) is 0 Å². The van der Waals surface area contributed by atoms with E-state index in [9.17, 15) is 14.4 Å². The van der Waals surface area contributed by atoms with Crippen molar-refractivity contribution >= 4 is 17.7 Å². The maximum absolute atomic E-state index is 11.7. The van der Waals surface area contributed by atoms with Crippen LogP contribution < -0.4 is 10.6 Å². The topological polar surface area (TPSA) is 97.0 Å². The third-order valence-corrected chi connectivity index (χ3v) is 3.88. The summed E-state index contributed by atoms with van der Waals surface area (Å²) in [4.78, 5) is 35.9. The third kappa shape index (κ3) is 10.2. The summed E-state index contributed by atoms with van der Waals surface area (Å²) in [6, 6.07) is 0. The van der Waals surface area contributed by atoms with E-state index in [0.29, 0.717) is 58.8 Å². The van der Waals surface area contributed by atoms with Crippen LogP contribution in [-0.2, 0) is 23.9 Å². The van der Waals surface area contributed by atoms with Crippen molar-refractivity contribution in [1.29, 1.82) is 0 Å². The van der Waals surface area contributed by atoms with Crippen LogP contribution in [0.5, 0.6) is 0 Å². The summed E-state index contributed by atoms with van der Waals surface area (Å²) in [6.07, 6.45) is 3.46. The number of carbonyl (C=O) groups excluding carboxylic acids is 3. The molecular weight excluding hydrogens is 326 g/mol. The third-order valence-electron chi connectivity index (χ3n) is 3.88. The lowest BCUT2D eigenvalue weighted by Gasteiger charge is -2.13. The number of nitrogens with zero attached hydrogens (tertiary/aromatic N) is 1. The Morgan fingerprint density at radius 2 is 1.60 bits per heavy atom. The van der Waals surface area contributed by atoms with E-state index in [2.05, 4.69) is 10.6 Å². The molecule has 0 aromatic carbocycles. The molecule has 1 rings (SSSR count). The van der Waals surface area contributed by atoms with Gasteiger partial charge in [0.25, 0.3) is 0 Å². The summed E-state index contributed by atoms with van der Waals surface area (Å²) < 4.78 is 10.7. The molecule has 8 nitrogen and oxygen atoms in total. The first-order valence-corrected chi connectivity index (χ1v) is 9.05. The van der Waals surface area contributed by atoms with E-state index in [1.165, 1.54) is 4.90 Å². The van der Waals surface area contributed by atoms with Crippen molar-refractivity contribution in [2.24, 2.45) is 0 Å². The van der Waals surface area contributed by atoms with Crippen molar-refractivity contribution in [2.45, 2.75) is 38.5 Å². The molecule has 0 spiro atoms. The Hall–Kier alpha value is -1.51. The Labute approximate surface area is 149 Å². The molecule has 0 aliphatic carbocycles. The van der Waals surface area contributed by atoms with Crippen LogP contribution in [0.4, 0.5) is 0 Å². The van der Waals surface area contributed by atoms with Gasteiger partial charge in [0.15, 0.2) is 0 Å². The molecule has 1 saturated heterocycles. The monoisotopic (exact) mass is 357 g/mol. The summed E-state index contributed by atoms with van der Waals surface area (Å²) in [7, 11) is 1.87. The lowest BCUT2D eigenvalue weighted by molar-refractivity contribution is -0.138. The number of unbranched alkanes of at least 4 members (excludes halogenated alkanes) is 2. The van der Waals surface area contributed by atoms with E-state index in [4.69, 9.17) is 9.47 Å². The van der Waals surface area contributed by atoms with Crippen LogP contribution in [0.25, 0.3) is 0 Å². The highest BCUT2D eigenvalue weighted by atomic mass is 16.5. The second-order valence-corrected chi connectivity index (χ2v) is 5.93. The molecule has 1 fully saturated rings. The van der Waals surface area contributed by atoms with E-state index in [-0.39, 0.29) is 17.7 Å². The molecule has 0 saturated carbocycles. The molecule has 3 amide bonds. The number of rotatable bonds is 15. The fourth-order valence-corrected chi connectivity index (χ4v) is 2.45. The Balaban J connectivity index is 1.86. The fraction of sp³-hybridized carbons (Fsp3) is 0.824. The molecule has 25 heavy (non-hydrogen) atoms. The van der Waals surface area contributed by atoms with Crippen LogP contribution in [0, 0.1) is 0 Å². The van der Waals surface area contributed by atoms with Crippen LogP contribution in [0.3, 0.4) is 0 Å². The first-order valence-electron chi connectivity index (χ1n) is 9.05. The molecule has 0 bridgehead atoms. The van der Waals surface area contributed by atoms with E-state index >= 15 is 0 Å². The summed E-state index contributed by atoms with van der Waals surface area (Å²) in [6.45, 7) is 4.00. The number of nitrogens with one attached hydrogen (secondary N) is 2. The van der Waals surface area contributed by atoms with Crippen LogP contribution in [0.1, 0.15) is 38.5 Å². The zero-order chi connectivity index (χ0) is 18.3. The number of amides is 3. The van der Waals surface area contributed by atoms with Gasteiger partial charge in [-0.3, -0.25) is 19.3 Å². The maximum Gasteiger partial charge on any atom is 0.229 e. The SMILES string of the molecule is CNCCOCCOCCNC(=O)CCCCCN1C(=O)CCC1=O. The van der Waals surface area contributed by atoms with Crippen molar-refractivity contribution in [1.82, 2.24) is 15.5 Å². The molecule has 1 aliphatic rings. The molecule has 0 aromatic rings. The lowest BCUT2D eigenvalue weighted by Crippen LogP contribution is -2.30. The predicted octanol–water partition coefficient (Wildman–Crippen LogP) is 0.0646. The van der Waals surface area contributed by atoms with Crippen molar-refractivity contribution in [2.75, 3.05) is 53.1 Å². The Bertz CT molecular complexity index is 401. The van der Waals surface area contributed by atoms with E-state index in [1.54, 1.807) is 0 Å². The summed E-state index contributed by atoms with van der Waals surface area (Å²) in [5, 5.41) is 5.79. The highest BCUT2D eigenvalue weighted by molar-refractivity contribution is 6.01. The minimum Gasteiger partial charge on any atom is -0.378 e. The van der Waals surface area contributed by atoms with Gasteiger partial charge in [-0.05, 0) is 19.9 Å². The van der Waals surface area contributed by atoms with Crippen molar-refractivity contribution in [3.05, 3.63) is 0 Å². The van der Waals surface area contributed by atoms with Gasteiger partial charge in [-0.1, -0.05) is 6.42 Å². The van der Waals surface area contributed by atoms with Crippen molar-refractivity contribution in [3.8, 4) is 0 Å². The molecule has 1 heterocycles. The number of hydrogen-bond donors (Lipinski definition) is 2. The molecule has 1 aliphatic heterocycles. The number of carbonyl (C=O) groups is 3. The van der Waals surface area contributed by atoms with Gasteiger partial charge in [-0.25, -0.2) is 0 Å². The summed E-state index contributed by atoms with van der Waals surface area (Å²) >= 11 is 0. The van der Waals surface area contributed by atoms with Crippen LogP contribution in [-0.4, -0.2) is 75.7 Å². The summed E-state index contributed by atoms with van der Waals surface area (Å²) in [5.41, 5.74) is 0. The zero-order valence-corrected chi connectivity index (χ0v) is 15.2. The number of likely N-dealkylation sites (tertiary alicyclic amines) is 1. The number of likely N-dealkylation sites (N-methyl/N-ethyl adjacent to an activating group) is 1. The standard InChI is InChI=1S/C17H31N3O5/c1-18-8-11-24-13-14-25-12-9-19-15(21)5-3-2-4-10-20-16(22)6-7-17(20)23/h18H,2-14H2,1H3,(H,19,21). The Morgan fingerprint density at radius 1 is 0.960 bits per heavy atom. The quantitative estimate of drug-likeness (QED) is 0.318. The van der Waals surface area contributed by atoms with Gasteiger partial charge in [0, 0.05) is 38.9 Å². The van der Waals surface area contributed by atoms with Crippen molar-refractivity contribution in [3.63, 3.8) is 0 Å². The van der Waals surface area contributed by atoms with E-state index < -0.39 is 0 Å². The second kappa shape index (κ2) is 13.7. The lowest BCUT2D eigenvalue weighted by atomic mass is 10.2. The van der Waals surface area contributed by atoms with E-state index in [0.717, 1.165) is 25.8 Å². The summed E-state index contributed by atoms with van der Waals surface area (Å²) in [5.74, 6) is -0.146. The normalized spacial score (nSPS) is 14.4. The first kappa shape index (κ1) is 21.5. The van der Waals surface area contributed by atoms with E-state index in [1.807, 2.05) is 7.05 Å². The zero-order valence-electron chi connectivity index (χ0n) is 15.2. The minimum absolute atomic E-state index is 0.00203. The number of ether oxygens (including phenoxy) is 2. The molecule has 0 aromatic heterocycles. The number of hydrogen-bond acceptors (Lipinski definition) is 6. The first-order chi connectivity index (χ1) is 12.1. The second-order valence-electron chi connectivity index (χ2n) is 5.93. The Morgan fingerprint density at radius 3 is 2.24 bits per heavy atom. The molecular formula is C17H31N3O5. The molecule has 2 N–H and O–H groups in total. The largest absolute Gasteiger partial charge is 0.378 e. The molecule has 144 valence electrons. The van der Waals surface area contributed by atoms with Crippen LogP contribution in [0.2, 0.25) is 0 Å². The highest BCUT2D eigenvalue weighted by Crippen LogP contribution is 2.13. The van der Waals surface area contributed by atoms with Gasteiger partial charge in [0.2, 0.25) is 17.7 Å². The average Bonchev–Trinajstić information content (AvgIpc) is 2.91. The minimum atomic E-state index is -0.0739. The smallest absolute Gasteiger partial charge is 0.229 e.